The minimum absolute atomic E-state index is 0. The molecule has 0 aliphatic carbocycles. The Balaban J connectivity index is 0.000000401. The van der Waals surface area contributed by atoms with E-state index < -0.39 is 0 Å². The molecule has 29 heavy (non-hydrogen) atoms. The number of aromatic nitrogens is 3. The van der Waals surface area contributed by atoms with Crippen LogP contribution in [0.15, 0.2) is 59.6 Å². The van der Waals surface area contributed by atoms with Crippen molar-refractivity contribution in [3.05, 3.63) is 87.7 Å². The number of aryl methyl sites for hydroxylation is 3. The molecular formula is C22H27BrClN5. The topological polar surface area (TPSA) is 88.5 Å². The van der Waals surface area contributed by atoms with Crippen molar-refractivity contribution in [1.29, 1.82) is 5.26 Å². The average molecular weight is 477 g/mol. The molecular weight excluding hydrogens is 450 g/mol. The quantitative estimate of drug-likeness (QED) is 0.542. The van der Waals surface area contributed by atoms with Crippen molar-refractivity contribution < 1.29 is 0 Å². The van der Waals surface area contributed by atoms with Crippen LogP contribution in [0, 0.1) is 32.1 Å². The van der Waals surface area contributed by atoms with E-state index in [4.69, 9.17) is 11.0 Å². The summed E-state index contributed by atoms with van der Waals surface area (Å²) in [7, 11) is 0. The first kappa shape index (κ1) is 26.7. The number of hydrogen-bond acceptors (Lipinski definition) is 5. The third-order valence-corrected chi connectivity index (χ3v) is 3.95. The number of pyridine rings is 3. The molecule has 0 saturated carbocycles. The third-order valence-electron chi connectivity index (χ3n) is 3.48. The SMILES string of the molecule is Cc1ccc(Br)nc1.Cc1ccc(CC#N)nc1.Cc1ccc(CCN)nc1.Cl. The summed E-state index contributed by atoms with van der Waals surface area (Å²) in [5.41, 5.74) is 10.8. The Bertz CT molecular complexity index is 823. The van der Waals surface area contributed by atoms with Gasteiger partial charge in [-0.25, -0.2) is 4.98 Å². The molecule has 0 saturated heterocycles. The summed E-state index contributed by atoms with van der Waals surface area (Å²) >= 11 is 3.23. The Morgan fingerprint density at radius 2 is 1.31 bits per heavy atom. The molecule has 0 aromatic carbocycles. The Morgan fingerprint density at radius 1 is 0.828 bits per heavy atom. The smallest absolute Gasteiger partial charge is 0.106 e. The number of hydrogen-bond donors (Lipinski definition) is 1. The van der Waals surface area contributed by atoms with Gasteiger partial charge in [-0.1, -0.05) is 18.2 Å². The van der Waals surface area contributed by atoms with Gasteiger partial charge in [-0.05, 0) is 78.1 Å². The molecule has 0 spiro atoms. The normalized spacial score (nSPS) is 8.97. The molecule has 3 aromatic rings. The maximum absolute atomic E-state index is 8.30. The van der Waals surface area contributed by atoms with E-state index in [-0.39, 0.29) is 12.4 Å². The minimum atomic E-state index is 0. The van der Waals surface area contributed by atoms with Gasteiger partial charge in [0.05, 0.1) is 18.2 Å². The lowest BCUT2D eigenvalue weighted by Crippen LogP contribution is -2.03. The Kier molecular flexibility index (Phi) is 14.3. The van der Waals surface area contributed by atoms with Crippen LogP contribution in [0.2, 0.25) is 0 Å². The van der Waals surface area contributed by atoms with Gasteiger partial charge in [0.2, 0.25) is 0 Å². The first-order valence-corrected chi connectivity index (χ1v) is 9.72. The zero-order valence-corrected chi connectivity index (χ0v) is 19.4. The van der Waals surface area contributed by atoms with E-state index in [2.05, 4.69) is 36.9 Å². The summed E-state index contributed by atoms with van der Waals surface area (Å²) in [6.07, 6.45) is 6.74. The first-order valence-electron chi connectivity index (χ1n) is 8.92. The molecule has 0 aliphatic rings. The second-order valence-electron chi connectivity index (χ2n) is 6.19. The van der Waals surface area contributed by atoms with Gasteiger partial charge >= 0.3 is 0 Å². The fourth-order valence-corrected chi connectivity index (χ4v) is 2.16. The molecule has 0 amide bonds. The minimum Gasteiger partial charge on any atom is -0.330 e. The van der Waals surface area contributed by atoms with Gasteiger partial charge in [0.1, 0.15) is 4.60 Å². The Morgan fingerprint density at radius 3 is 1.66 bits per heavy atom. The average Bonchev–Trinajstić information content (AvgIpc) is 2.69. The summed E-state index contributed by atoms with van der Waals surface area (Å²) in [5.74, 6) is 0. The monoisotopic (exact) mass is 475 g/mol. The fraction of sp³-hybridized carbons (Fsp3) is 0.273. The highest BCUT2D eigenvalue weighted by atomic mass is 79.9. The number of rotatable bonds is 3. The van der Waals surface area contributed by atoms with Crippen molar-refractivity contribution >= 4 is 28.3 Å². The molecule has 2 N–H and O–H groups in total. The van der Waals surface area contributed by atoms with E-state index in [1.807, 2.05) is 69.6 Å². The standard InChI is InChI=1S/C8H12N2.C8H8N2.C6H6BrN.ClH/c2*1-7-2-3-8(4-5-9)10-6-7;1-5-2-3-6(7)8-4-5;/h2-3,6H,4-5,9H2,1H3;2-3,6H,4H2,1H3;2-4H,1H3;1H. The molecule has 5 nitrogen and oxygen atoms in total. The largest absolute Gasteiger partial charge is 0.330 e. The molecule has 0 bridgehead atoms. The molecule has 3 aromatic heterocycles. The number of nitrogens with zero attached hydrogens (tertiary/aromatic N) is 4. The summed E-state index contributed by atoms with van der Waals surface area (Å²) in [4.78, 5) is 12.2. The van der Waals surface area contributed by atoms with Crippen molar-refractivity contribution in [2.45, 2.75) is 33.6 Å². The second-order valence-corrected chi connectivity index (χ2v) is 7.00. The van der Waals surface area contributed by atoms with E-state index in [9.17, 15) is 0 Å². The Hall–Kier alpha value is -2.33. The van der Waals surface area contributed by atoms with Gasteiger partial charge in [0.15, 0.2) is 0 Å². The number of nitriles is 1. The highest BCUT2D eigenvalue weighted by Gasteiger charge is 1.90. The van der Waals surface area contributed by atoms with Gasteiger partial charge < -0.3 is 5.73 Å². The molecule has 0 unspecified atom stereocenters. The number of nitrogens with two attached hydrogens (primary N) is 1. The van der Waals surface area contributed by atoms with Crippen LogP contribution in [0.5, 0.6) is 0 Å². The van der Waals surface area contributed by atoms with E-state index in [1.54, 1.807) is 6.20 Å². The maximum Gasteiger partial charge on any atom is 0.106 e. The summed E-state index contributed by atoms with van der Waals surface area (Å²) in [5, 5.41) is 8.30. The molecule has 0 radical (unpaired) electrons. The summed E-state index contributed by atoms with van der Waals surface area (Å²) in [6, 6.07) is 13.9. The third kappa shape index (κ3) is 12.7. The van der Waals surface area contributed by atoms with Crippen LogP contribution >= 0.6 is 28.3 Å². The molecule has 3 rings (SSSR count). The highest BCUT2D eigenvalue weighted by molar-refractivity contribution is 9.10. The maximum atomic E-state index is 8.30. The Labute approximate surface area is 188 Å². The zero-order chi connectivity index (χ0) is 20.8. The van der Waals surface area contributed by atoms with Crippen LogP contribution < -0.4 is 5.73 Å². The lowest BCUT2D eigenvalue weighted by Gasteiger charge is -1.96. The van der Waals surface area contributed by atoms with E-state index in [1.165, 1.54) is 11.1 Å². The highest BCUT2D eigenvalue weighted by Crippen LogP contribution is 2.04. The fourth-order valence-electron chi connectivity index (χ4n) is 1.93. The van der Waals surface area contributed by atoms with Crippen molar-refractivity contribution in [3.63, 3.8) is 0 Å². The van der Waals surface area contributed by atoms with E-state index in [0.717, 1.165) is 28.0 Å². The number of halogens is 2. The second kappa shape index (κ2) is 15.6. The molecule has 3 heterocycles. The first-order chi connectivity index (χ1) is 13.4. The van der Waals surface area contributed by atoms with Gasteiger partial charge in [-0.2, -0.15) is 5.26 Å². The van der Waals surface area contributed by atoms with Gasteiger partial charge in [0.25, 0.3) is 0 Å². The van der Waals surface area contributed by atoms with Crippen LogP contribution in [0.3, 0.4) is 0 Å². The van der Waals surface area contributed by atoms with Crippen molar-refractivity contribution in [2.75, 3.05) is 6.54 Å². The van der Waals surface area contributed by atoms with Crippen LogP contribution in [0.1, 0.15) is 28.1 Å². The van der Waals surface area contributed by atoms with E-state index in [0.29, 0.717) is 13.0 Å². The van der Waals surface area contributed by atoms with Crippen LogP contribution in [-0.4, -0.2) is 21.5 Å². The van der Waals surface area contributed by atoms with Crippen LogP contribution in [0.4, 0.5) is 0 Å². The van der Waals surface area contributed by atoms with Crippen molar-refractivity contribution in [2.24, 2.45) is 5.73 Å². The van der Waals surface area contributed by atoms with E-state index >= 15 is 0 Å². The van der Waals surface area contributed by atoms with Crippen LogP contribution in [-0.2, 0) is 12.8 Å². The predicted octanol–water partition coefficient (Wildman–Crippen LogP) is 4.92. The lowest BCUT2D eigenvalue weighted by atomic mass is 10.2. The van der Waals surface area contributed by atoms with Crippen LogP contribution in [0.25, 0.3) is 0 Å². The zero-order valence-electron chi connectivity index (χ0n) is 17.0. The molecule has 0 atom stereocenters. The lowest BCUT2D eigenvalue weighted by molar-refractivity contribution is 0.920. The van der Waals surface area contributed by atoms with Crippen molar-refractivity contribution in [1.82, 2.24) is 15.0 Å². The van der Waals surface area contributed by atoms with Gasteiger partial charge in [-0.15, -0.1) is 12.4 Å². The molecule has 0 aliphatic heterocycles. The summed E-state index contributed by atoms with van der Waals surface area (Å²) < 4.78 is 0.892. The molecule has 154 valence electrons. The molecule has 7 heteroatoms. The molecule has 0 fully saturated rings. The van der Waals surface area contributed by atoms with Crippen molar-refractivity contribution in [3.8, 4) is 6.07 Å². The van der Waals surface area contributed by atoms with Gasteiger partial charge in [0, 0.05) is 30.7 Å². The summed E-state index contributed by atoms with van der Waals surface area (Å²) in [6.45, 7) is 6.69. The predicted molar refractivity (Wildman–Crippen MR) is 124 cm³/mol. The van der Waals surface area contributed by atoms with Gasteiger partial charge in [-0.3, -0.25) is 9.97 Å².